The van der Waals surface area contributed by atoms with Crippen LogP contribution in [0.1, 0.15) is 86.6 Å². The Morgan fingerprint density at radius 1 is 0.688 bits per heavy atom. The van der Waals surface area contributed by atoms with Crippen molar-refractivity contribution in [3.8, 4) is 0 Å². The van der Waals surface area contributed by atoms with Crippen molar-refractivity contribution in [3.63, 3.8) is 0 Å². The van der Waals surface area contributed by atoms with E-state index >= 15 is 0 Å². The quantitative estimate of drug-likeness (QED) is 0.562. The molecule has 0 spiro atoms. The molecule has 4 atom stereocenters. The van der Waals surface area contributed by atoms with E-state index in [1.165, 1.54) is 16.7 Å². The normalized spacial score (nSPS) is 35.2. The number of rotatable bonds is 5. The Bertz CT molecular complexity index is 941. The molecule has 2 aliphatic heterocycles. The van der Waals surface area contributed by atoms with Gasteiger partial charge in [-0.25, -0.2) is 0 Å². The largest absolute Gasteiger partial charge is 0.389 e. The first-order valence-electron chi connectivity index (χ1n) is 12.7. The lowest BCUT2D eigenvalue weighted by molar-refractivity contribution is -0.0876. The monoisotopic (exact) mass is 432 g/mol. The van der Waals surface area contributed by atoms with E-state index in [1.807, 2.05) is 0 Å². The minimum atomic E-state index is -0.624. The molecule has 2 saturated carbocycles. The zero-order valence-electron chi connectivity index (χ0n) is 18.9. The Morgan fingerprint density at radius 3 is 1.81 bits per heavy atom. The first-order chi connectivity index (χ1) is 15.5. The summed E-state index contributed by atoms with van der Waals surface area (Å²) in [5.41, 5.74) is 2.23. The number of hydrogen-bond acceptors (Lipinski definition) is 4. The fourth-order valence-corrected chi connectivity index (χ4v) is 7.33. The van der Waals surface area contributed by atoms with Gasteiger partial charge in [-0.2, -0.15) is 0 Å². The molecule has 2 aliphatic carbocycles. The van der Waals surface area contributed by atoms with Crippen molar-refractivity contribution in [2.75, 3.05) is 6.54 Å². The number of nitrogens with one attached hydrogen (secondary N) is 2. The average molecular weight is 433 g/mol. The highest BCUT2D eigenvalue weighted by Crippen LogP contribution is 2.54. The molecule has 0 bridgehead atoms. The van der Waals surface area contributed by atoms with E-state index in [2.05, 4.69) is 65.2 Å². The molecule has 0 aromatic heterocycles. The lowest BCUT2D eigenvalue weighted by atomic mass is 9.65. The number of hydrogen-bond donors (Lipinski definition) is 4. The second-order valence-corrected chi connectivity index (χ2v) is 10.8. The zero-order chi connectivity index (χ0) is 21.8. The molecule has 0 radical (unpaired) electrons. The topological polar surface area (TPSA) is 64.5 Å². The van der Waals surface area contributed by atoms with Crippen molar-refractivity contribution in [2.24, 2.45) is 5.92 Å². The van der Waals surface area contributed by atoms with Crippen LogP contribution in [0.15, 0.2) is 54.6 Å². The van der Waals surface area contributed by atoms with Gasteiger partial charge in [0.1, 0.15) is 0 Å². The standard InChI is InChI=1S/C28H36N2O2/c31-26(14-4-5-15-26)23-24(20-8-2-1-3-9-20)30-25(23)21-10-12-22(13-11-21)28(18-19-29-28)27(32)16-6-7-17-27/h1-3,8-13,23-25,29-32H,4-7,14-19H2/t23-,24-,25?,28-/m1/s1. The molecule has 4 N–H and O–H groups in total. The highest BCUT2D eigenvalue weighted by molar-refractivity contribution is 5.38. The molecule has 4 heteroatoms. The second kappa shape index (κ2) is 7.66. The number of aliphatic hydroxyl groups is 2. The van der Waals surface area contributed by atoms with Crippen molar-refractivity contribution >= 4 is 0 Å². The maximum atomic E-state index is 11.6. The molecule has 4 aliphatic rings. The molecule has 32 heavy (non-hydrogen) atoms. The third kappa shape index (κ3) is 3.03. The summed E-state index contributed by atoms with van der Waals surface area (Å²) in [4.78, 5) is 0. The fraction of sp³-hybridized carbons (Fsp3) is 0.571. The van der Waals surface area contributed by atoms with Crippen LogP contribution in [-0.4, -0.2) is 28.0 Å². The fourth-order valence-electron chi connectivity index (χ4n) is 7.33. The van der Waals surface area contributed by atoms with E-state index in [0.717, 1.165) is 64.3 Å². The smallest absolute Gasteiger partial charge is 0.0870 e. The van der Waals surface area contributed by atoms with Gasteiger partial charge in [0, 0.05) is 18.0 Å². The molecule has 0 amide bonds. The number of benzene rings is 2. The molecule has 4 fully saturated rings. The Hall–Kier alpha value is -1.72. The van der Waals surface area contributed by atoms with Crippen molar-refractivity contribution < 1.29 is 10.2 Å². The van der Waals surface area contributed by atoms with Gasteiger partial charge in [-0.3, -0.25) is 0 Å². The van der Waals surface area contributed by atoms with Gasteiger partial charge in [0.2, 0.25) is 0 Å². The molecule has 4 nitrogen and oxygen atoms in total. The molecule has 6 rings (SSSR count). The summed E-state index contributed by atoms with van der Waals surface area (Å²) in [5, 5.41) is 30.4. The minimum absolute atomic E-state index is 0.164. The lowest BCUT2D eigenvalue weighted by Gasteiger charge is -2.54. The molecular formula is C28H36N2O2. The van der Waals surface area contributed by atoms with Gasteiger partial charge < -0.3 is 20.8 Å². The van der Waals surface area contributed by atoms with Gasteiger partial charge in [0.25, 0.3) is 0 Å². The molecular weight excluding hydrogens is 396 g/mol. The first-order valence-corrected chi connectivity index (χ1v) is 12.7. The summed E-state index contributed by atoms with van der Waals surface area (Å²) in [6, 6.07) is 19.9. The lowest BCUT2D eigenvalue weighted by Crippen LogP contribution is -2.67. The van der Waals surface area contributed by atoms with Crippen LogP contribution in [0.4, 0.5) is 0 Å². The van der Waals surface area contributed by atoms with Crippen LogP contribution in [0, 0.1) is 5.92 Å². The zero-order valence-corrected chi connectivity index (χ0v) is 18.9. The van der Waals surface area contributed by atoms with Gasteiger partial charge in [-0.1, -0.05) is 80.3 Å². The van der Waals surface area contributed by atoms with Crippen molar-refractivity contribution in [1.82, 2.24) is 10.6 Å². The molecule has 170 valence electrons. The van der Waals surface area contributed by atoms with E-state index < -0.39 is 11.2 Å². The van der Waals surface area contributed by atoms with Gasteiger partial charge in [0.05, 0.1) is 16.7 Å². The van der Waals surface area contributed by atoms with Crippen molar-refractivity contribution in [2.45, 2.75) is 86.6 Å². The summed E-state index contributed by atoms with van der Waals surface area (Å²) in [6.07, 6.45) is 9.05. The Labute approximate surface area is 191 Å². The van der Waals surface area contributed by atoms with Crippen LogP contribution in [0.5, 0.6) is 0 Å². The van der Waals surface area contributed by atoms with E-state index in [0.29, 0.717) is 0 Å². The van der Waals surface area contributed by atoms with Crippen LogP contribution in [0.3, 0.4) is 0 Å². The van der Waals surface area contributed by atoms with Gasteiger partial charge in [0.15, 0.2) is 0 Å². The summed E-state index contributed by atoms with van der Waals surface area (Å²) in [5.74, 6) is 0.188. The Balaban J connectivity index is 1.29. The van der Waals surface area contributed by atoms with Crippen LogP contribution in [-0.2, 0) is 5.54 Å². The predicted molar refractivity (Wildman–Crippen MR) is 126 cm³/mol. The summed E-state index contributed by atoms with van der Waals surface area (Å²) in [6.45, 7) is 0.974. The van der Waals surface area contributed by atoms with E-state index in [1.54, 1.807) is 0 Å². The molecule has 2 heterocycles. The average Bonchev–Trinajstić information content (AvgIpc) is 3.38. The van der Waals surface area contributed by atoms with Crippen LogP contribution >= 0.6 is 0 Å². The SMILES string of the molecule is OC1([C@H]2C(c3ccc([C@@]4(C5(O)CCCC5)CCN4)cc3)N[C@@H]2c2ccccc2)CCCC1. The third-order valence-corrected chi connectivity index (χ3v) is 9.24. The Morgan fingerprint density at radius 2 is 1.25 bits per heavy atom. The van der Waals surface area contributed by atoms with Crippen LogP contribution in [0.2, 0.25) is 0 Å². The summed E-state index contributed by atoms with van der Waals surface area (Å²) >= 11 is 0. The maximum absolute atomic E-state index is 11.6. The van der Waals surface area contributed by atoms with Crippen LogP contribution < -0.4 is 10.6 Å². The molecule has 2 aromatic carbocycles. The molecule has 2 aromatic rings. The van der Waals surface area contributed by atoms with Gasteiger partial charge >= 0.3 is 0 Å². The predicted octanol–water partition coefficient (Wildman–Crippen LogP) is 4.49. The minimum Gasteiger partial charge on any atom is -0.389 e. The first kappa shape index (κ1) is 20.9. The van der Waals surface area contributed by atoms with Crippen molar-refractivity contribution in [3.05, 3.63) is 71.3 Å². The summed E-state index contributed by atoms with van der Waals surface area (Å²) < 4.78 is 0. The molecule has 1 unspecified atom stereocenters. The van der Waals surface area contributed by atoms with E-state index in [4.69, 9.17) is 0 Å². The molecule has 2 saturated heterocycles. The summed E-state index contributed by atoms with van der Waals surface area (Å²) in [7, 11) is 0. The highest BCUT2D eigenvalue weighted by Gasteiger charge is 2.57. The van der Waals surface area contributed by atoms with Crippen LogP contribution in [0.25, 0.3) is 0 Å². The van der Waals surface area contributed by atoms with Gasteiger partial charge in [-0.05, 0) is 55.3 Å². The highest BCUT2D eigenvalue weighted by atomic mass is 16.3. The third-order valence-electron chi connectivity index (χ3n) is 9.24. The maximum Gasteiger partial charge on any atom is 0.0870 e. The van der Waals surface area contributed by atoms with E-state index in [9.17, 15) is 10.2 Å². The van der Waals surface area contributed by atoms with Gasteiger partial charge in [-0.15, -0.1) is 0 Å². The second-order valence-electron chi connectivity index (χ2n) is 10.8. The Kier molecular flexibility index (Phi) is 4.99. The van der Waals surface area contributed by atoms with E-state index in [-0.39, 0.29) is 23.5 Å². The van der Waals surface area contributed by atoms with Crippen molar-refractivity contribution in [1.29, 1.82) is 0 Å².